The Kier molecular flexibility index (Phi) is 4.84. The van der Waals surface area contributed by atoms with Gasteiger partial charge in [0.1, 0.15) is 5.82 Å². The zero-order chi connectivity index (χ0) is 12.8. The Bertz CT molecular complexity index is 396. The van der Waals surface area contributed by atoms with Gasteiger partial charge in [0.15, 0.2) is 0 Å². The molecule has 0 fully saturated rings. The van der Waals surface area contributed by atoms with Gasteiger partial charge in [0.25, 0.3) is 5.69 Å². The molecular formula is C11H17N3O3. The smallest absolute Gasteiger partial charge is 0.277 e. The molecule has 1 rings (SSSR count). The van der Waals surface area contributed by atoms with Crippen LogP contribution in [0.2, 0.25) is 0 Å². The second-order valence-corrected chi connectivity index (χ2v) is 3.76. The van der Waals surface area contributed by atoms with E-state index in [0.29, 0.717) is 24.5 Å². The van der Waals surface area contributed by atoms with Crippen molar-refractivity contribution in [1.82, 2.24) is 4.98 Å². The second kappa shape index (κ2) is 6.15. The molecule has 17 heavy (non-hydrogen) atoms. The van der Waals surface area contributed by atoms with Gasteiger partial charge in [0.2, 0.25) is 0 Å². The molecule has 0 bridgehead atoms. The molecule has 6 heteroatoms. The van der Waals surface area contributed by atoms with Gasteiger partial charge in [0, 0.05) is 24.9 Å². The van der Waals surface area contributed by atoms with Gasteiger partial charge in [-0.2, -0.15) is 0 Å². The van der Waals surface area contributed by atoms with Crippen molar-refractivity contribution >= 4 is 11.5 Å². The lowest BCUT2D eigenvalue weighted by atomic mass is 10.2. The Balaban J connectivity index is 2.66. The van der Waals surface area contributed by atoms with Gasteiger partial charge in [-0.1, -0.05) is 0 Å². The first-order chi connectivity index (χ1) is 8.04. The number of aromatic nitrogens is 1. The number of pyridine rings is 1. The van der Waals surface area contributed by atoms with E-state index in [1.165, 1.54) is 12.3 Å². The highest BCUT2D eigenvalue weighted by molar-refractivity contribution is 5.48. The zero-order valence-electron chi connectivity index (χ0n) is 10.3. The fraction of sp³-hybridized carbons (Fsp3) is 0.545. The van der Waals surface area contributed by atoms with E-state index < -0.39 is 4.92 Å². The number of aryl methyl sites for hydroxylation is 1. The van der Waals surface area contributed by atoms with Gasteiger partial charge in [-0.15, -0.1) is 0 Å². The molecule has 0 aliphatic heterocycles. The minimum atomic E-state index is -0.409. The number of nitro groups is 1. The summed E-state index contributed by atoms with van der Waals surface area (Å²) in [6, 6.07) is 1.44. The molecular weight excluding hydrogens is 222 g/mol. The summed E-state index contributed by atoms with van der Waals surface area (Å²) >= 11 is 0. The Morgan fingerprint density at radius 1 is 1.65 bits per heavy atom. The van der Waals surface area contributed by atoms with Gasteiger partial charge in [-0.05, 0) is 20.8 Å². The van der Waals surface area contributed by atoms with Gasteiger partial charge in [0.05, 0.1) is 17.1 Å². The molecule has 0 saturated carbocycles. The van der Waals surface area contributed by atoms with Crippen molar-refractivity contribution in [3.05, 3.63) is 27.9 Å². The monoisotopic (exact) mass is 239 g/mol. The minimum Gasteiger partial charge on any atom is -0.377 e. The van der Waals surface area contributed by atoms with Gasteiger partial charge in [-0.3, -0.25) is 10.1 Å². The third-order valence-corrected chi connectivity index (χ3v) is 2.29. The van der Waals surface area contributed by atoms with E-state index in [2.05, 4.69) is 10.3 Å². The number of rotatable bonds is 6. The molecule has 1 unspecified atom stereocenters. The predicted octanol–water partition coefficient (Wildman–Crippen LogP) is 2.14. The highest BCUT2D eigenvalue weighted by Crippen LogP contribution is 2.19. The molecule has 1 heterocycles. The van der Waals surface area contributed by atoms with Crippen molar-refractivity contribution in [2.75, 3.05) is 18.5 Å². The third kappa shape index (κ3) is 3.99. The first kappa shape index (κ1) is 13.4. The Morgan fingerprint density at radius 3 is 2.94 bits per heavy atom. The Labute approximate surface area is 100 Å². The summed E-state index contributed by atoms with van der Waals surface area (Å²) < 4.78 is 5.34. The Morgan fingerprint density at radius 2 is 2.35 bits per heavy atom. The minimum absolute atomic E-state index is 0.0437. The van der Waals surface area contributed by atoms with Crippen LogP contribution in [0, 0.1) is 17.0 Å². The molecule has 1 aromatic heterocycles. The van der Waals surface area contributed by atoms with Crippen LogP contribution < -0.4 is 5.32 Å². The van der Waals surface area contributed by atoms with Crippen LogP contribution in [0.1, 0.15) is 19.4 Å². The molecule has 1 N–H and O–H groups in total. The number of ether oxygens (including phenoxy) is 1. The zero-order valence-corrected chi connectivity index (χ0v) is 10.3. The summed E-state index contributed by atoms with van der Waals surface area (Å²) in [6.07, 6.45) is 1.54. The van der Waals surface area contributed by atoms with Crippen LogP contribution in [-0.4, -0.2) is 29.2 Å². The van der Waals surface area contributed by atoms with Crippen LogP contribution in [0.15, 0.2) is 12.3 Å². The van der Waals surface area contributed by atoms with E-state index in [9.17, 15) is 10.1 Å². The fourth-order valence-electron chi connectivity index (χ4n) is 1.40. The van der Waals surface area contributed by atoms with E-state index in [1.807, 2.05) is 13.8 Å². The molecule has 0 aliphatic rings. The molecule has 0 aliphatic carbocycles. The highest BCUT2D eigenvalue weighted by atomic mass is 16.6. The average Bonchev–Trinajstić information content (AvgIpc) is 2.28. The molecule has 0 amide bonds. The lowest BCUT2D eigenvalue weighted by Crippen LogP contribution is -2.20. The maximum Gasteiger partial charge on any atom is 0.277 e. The maximum atomic E-state index is 10.7. The SMILES string of the molecule is CCOC(C)CNc1cc([N+](=O)[O-])c(C)cn1. The standard InChI is InChI=1S/C11H17N3O3/c1-4-17-9(3)7-13-11-5-10(14(15)16)8(2)6-12-11/h5-6,9H,4,7H2,1-3H3,(H,12,13). The van der Waals surface area contributed by atoms with Crippen molar-refractivity contribution in [3.8, 4) is 0 Å². The molecule has 0 radical (unpaired) electrons. The first-order valence-corrected chi connectivity index (χ1v) is 5.51. The topological polar surface area (TPSA) is 77.3 Å². The van der Waals surface area contributed by atoms with E-state index in [4.69, 9.17) is 4.74 Å². The fourth-order valence-corrected chi connectivity index (χ4v) is 1.40. The number of nitrogens with one attached hydrogen (secondary N) is 1. The van der Waals surface area contributed by atoms with Crippen LogP contribution in [0.5, 0.6) is 0 Å². The summed E-state index contributed by atoms with van der Waals surface area (Å²) in [5, 5.41) is 13.8. The number of hydrogen-bond donors (Lipinski definition) is 1. The maximum absolute atomic E-state index is 10.7. The summed E-state index contributed by atoms with van der Waals surface area (Å²) in [7, 11) is 0. The van der Waals surface area contributed by atoms with E-state index in [1.54, 1.807) is 6.92 Å². The van der Waals surface area contributed by atoms with Crippen LogP contribution in [0.4, 0.5) is 11.5 Å². The Hall–Kier alpha value is -1.69. The van der Waals surface area contributed by atoms with Crippen LogP contribution in [0.3, 0.4) is 0 Å². The summed E-state index contributed by atoms with van der Waals surface area (Å²) in [4.78, 5) is 14.4. The lowest BCUT2D eigenvalue weighted by Gasteiger charge is -2.12. The molecule has 6 nitrogen and oxygen atoms in total. The molecule has 1 aromatic rings. The molecule has 1 atom stereocenters. The number of nitrogens with zero attached hydrogens (tertiary/aromatic N) is 2. The predicted molar refractivity (Wildman–Crippen MR) is 65.2 cm³/mol. The number of anilines is 1. The third-order valence-electron chi connectivity index (χ3n) is 2.29. The van der Waals surface area contributed by atoms with Crippen LogP contribution in [0.25, 0.3) is 0 Å². The molecule has 94 valence electrons. The van der Waals surface area contributed by atoms with Crippen molar-refractivity contribution in [2.24, 2.45) is 0 Å². The van der Waals surface area contributed by atoms with Gasteiger partial charge < -0.3 is 10.1 Å². The van der Waals surface area contributed by atoms with Crippen molar-refractivity contribution in [1.29, 1.82) is 0 Å². The van der Waals surface area contributed by atoms with Crippen LogP contribution >= 0.6 is 0 Å². The molecule has 0 aromatic carbocycles. The van der Waals surface area contributed by atoms with E-state index in [0.717, 1.165) is 0 Å². The highest BCUT2D eigenvalue weighted by Gasteiger charge is 2.12. The van der Waals surface area contributed by atoms with E-state index >= 15 is 0 Å². The second-order valence-electron chi connectivity index (χ2n) is 3.76. The van der Waals surface area contributed by atoms with Gasteiger partial charge >= 0.3 is 0 Å². The largest absolute Gasteiger partial charge is 0.377 e. The molecule has 0 saturated heterocycles. The average molecular weight is 239 g/mol. The quantitative estimate of drug-likeness (QED) is 0.607. The summed E-state index contributed by atoms with van der Waals surface area (Å²) in [5.74, 6) is 0.494. The van der Waals surface area contributed by atoms with E-state index in [-0.39, 0.29) is 11.8 Å². The number of hydrogen-bond acceptors (Lipinski definition) is 5. The molecule has 0 spiro atoms. The lowest BCUT2D eigenvalue weighted by molar-refractivity contribution is -0.385. The van der Waals surface area contributed by atoms with Crippen molar-refractivity contribution < 1.29 is 9.66 Å². The summed E-state index contributed by atoms with van der Waals surface area (Å²) in [6.45, 7) is 6.73. The first-order valence-electron chi connectivity index (χ1n) is 5.51. The summed E-state index contributed by atoms with van der Waals surface area (Å²) in [5.41, 5.74) is 0.630. The normalized spacial score (nSPS) is 12.2. The van der Waals surface area contributed by atoms with Crippen LogP contribution in [-0.2, 0) is 4.74 Å². The van der Waals surface area contributed by atoms with Crippen molar-refractivity contribution in [2.45, 2.75) is 26.9 Å². The van der Waals surface area contributed by atoms with Crippen molar-refractivity contribution in [3.63, 3.8) is 0 Å². The van der Waals surface area contributed by atoms with Gasteiger partial charge in [-0.25, -0.2) is 4.98 Å².